The number of nitrogens with zero attached hydrogens (tertiary/aromatic N) is 4. The third-order valence-corrected chi connectivity index (χ3v) is 6.45. The zero-order valence-electron chi connectivity index (χ0n) is 17.0. The Labute approximate surface area is 183 Å². The van der Waals surface area contributed by atoms with Crippen molar-refractivity contribution in [2.24, 2.45) is 5.14 Å². The molecule has 2 aromatic carbocycles. The van der Waals surface area contributed by atoms with Crippen LogP contribution in [-0.4, -0.2) is 35.2 Å². The van der Waals surface area contributed by atoms with Crippen LogP contribution >= 0.6 is 11.8 Å². The van der Waals surface area contributed by atoms with Crippen LogP contribution < -0.4 is 9.88 Å². The van der Waals surface area contributed by atoms with E-state index in [4.69, 9.17) is 14.4 Å². The van der Waals surface area contributed by atoms with Crippen LogP contribution in [0.15, 0.2) is 57.0 Å². The maximum Gasteiger partial charge on any atom is 0.238 e. The van der Waals surface area contributed by atoms with Crippen molar-refractivity contribution in [3.05, 3.63) is 48.4 Å². The van der Waals surface area contributed by atoms with Gasteiger partial charge in [-0.1, -0.05) is 36.0 Å². The summed E-state index contributed by atoms with van der Waals surface area (Å²) in [7, 11) is -2.19. The monoisotopic (exact) mass is 459 g/mol. The molecular formula is C20H21N5O4S2. The van der Waals surface area contributed by atoms with Crippen molar-refractivity contribution in [1.29, 1.82) is 0 Å². The van der Waals surface area contributed by atoms with Crippen molar-refractivity contribution in [1.82, 2.24) is 19.7 Å². The number of primary sulfonamides is 1. The van der Waals surface area contributed by atoms with Gasteiger partial charge in [0.25, 0.3) is 0 Å². The number of rotatable bonds is 8. The number of thioether (sulfide) groups is 1. The van der Waals surface area contributed by atoms with Crippen LogP contribution in [0.5, 0.6) is 5.75 Å². The number of benzene rings is 2. The minimum Gasteiger partial charge on any atom is -0.497 e. The van der Waals surface area contributed by atoms with Gasteiger partial charge in [-0.25, -0.2) is 18.5 Å². The van der Waals surface area contributed by atoms with E-state index in [1.54, 1.807) is 13.2 Å². The molecule has 0 radical (unpaired) electrons. The second-order valence-corrected chi connectivity index (χ2v) is 9.28. The van der Waals surface area contributed by atoms with Crippen LogP contribution in [0.4, 0.5) is 0 Å². The summed E-state index contributed by atoms with van der Waals surface area (Å²) >= 11 is 1.45. The molecule has 0 saturated heterocycles. The Kier molecular flexibility index (Phi) is 5.99. The molecule has 31 heavy (non-hydrogen) atoms. The molecule has 0 atom stereocenters. The van der Waals surface area contributed by atoms with Crippen LogP contribution in [0.2, 0.25) is 0 Å². The quantitative estimate of drug-likeness (QED) is 0.397. The van der Waals surface area contributed by atoms with Crippen molar-refractivity contribution in [2.45, 2.75) is 35.7 Å². The Morgan fingerprint density at radius 1 is 1.19 bits per heavy atom. The predicted molar refractivity (Wildman–Crippen MR) is 117 cm³/mol. The molecule has 2 aromatic heterocycles. The molecule has 0 bridgehead atoms. The van der Waals surface area contributed by atoms with Crippen LogP contribution in [-0.2, 0) is 22.3 Å². The van der Waals surface area contributed by atoms with Gasteiger partial charge in [-0.2, -0.15) is 4.98 Å². The molecule has 0 amide bonds. The molecule has 11 heteroatoms. The lowest BCUT2D eigenvalue weighted by atomic mass is 10.2. The fourth-order valence-corrected chi connectivity index (χ4v) is 4.55. The molecule has 4 aromatic rings. The zero-order valence-corrected chi connectivity index (χ0v) is 18.6. The van der Waals surface area contributed by atoms with E-state index in [9.17, 15) is 8.42 Å². The summed E-state index contributed by atoms with van der Waals surface area (Å²) in [5.74, 6) is 2.08. The summed E-state index contributed by atoms with van der Waals surface area (Å²) in [4.78, 5) is 9.11. The highest BCUT2D eigenvalue weighted by Gasteiger charge is 2.16. The van der Waals surface area contributed by atoms with Crippen LogP contribution in [0.1, 0.15) is 19.2 Å². The zero-order chi connectivity index (χ0) is 22.0. The summed E-state index contributed by atoms with van der Waals surface area (Å²) in [6.07, 6.45) is 0.899. The van der Waals surface area contributed by atoms with Crippen LogP contribution in [0.3, 0.4) is 0 Å². The lowest BCUT2D eigenvalue weighted by molar-refractivity contribution is 0.391. The first-order valence-electron chi connectivity index (χ1n) is 9.52. The average Bonchev–Trinajstić information content (AvgIpc) is 3.36. The smallest absolute Gasteiger partial charge is 0.238 e. The molecule has 2 N–H and O–H groups in total. The summed E-state index contributed by atoms with van der Waals surface area (Å²) in [6.45, 7) is 2.81. The largest absolute Gasteiger partial charge is 0.497 e. The number of fused-ring (bicyclic) bond motifs is 1. The lowest BCUT2D eigenvalue weighted by Gasteiger charge is -2.06. The second-order valence-electron chi connectivity index (χ2n) is 6.77. The van der Waals surface area contributed by atoms with Gasteiger partial charge in [0.15, 0.2) is 5.16 Å². The predicted octanol–water partition coefficient (Wildman–Crippen LogP) is 3.44. The third kappa shape index (κ3) is 4.58. The van der Waals surface area contributed by atoms with Crippen LogP contribution in [0.25, 0.3) is 22.4 Å². The van der Waals surface area contributed by atoms with Crippen LogP contribution in [0, 0.1) is 0 Å². The Morgan fingerprint density at radius 2 is 2.03 bits per heavy atom. The number of aromatic nitrogens is 4. The number of hydrogen-bond acceptors (Lipinski definition) is 8. The van der Waals surface area contributed by atoms with Crippen molar-refractivity contribution >= 4 is 32.8 Å². The van der Waals surface area contributed by atoms with E-state index < -0.39 is 10.0 Å². The van der Waals surface area contributed by atoms with Gasteiger partial charge in [0.1, 0.15) is 5.75 Å². The number of hydrogen-bond donors (Lipinski definition) is 1. The Balaban J connectivity index is 1.58. The van der Waals surface area contributed by atoms with E-state index in [0.29, 0.717) is 28.7 Å². The third-order valence-electron chi connectivity index (χ3n) is 4.58. The van der Waals surface area contributed by atoms with Gasteiger partial charge < -0.3 is 13.8 Å². The summed E-state index contributed by atoms with van der Waals surface area (Å²) < 4.78 is 36.0. The average molecular weight is 460 g/mol. The molecule has 0 fully saturated rings. The van der Waals surface area contributed by atoms with Crippen molar-refractivity contribution < 1.29 is 17.7 Å². The number of imidazole rings is 1. The first-order chi connectivity index (χ1) is 14.9. The highest BCUT2D eigenvalue weighted by atomic mass is 32.2. The number of nitrogens with two attached hydrogens (primary N) is 1. The number of ether oxygens (including phenoxy) is 1. The molecule has 0 aliphatic rings. The van der Waals surface area contributed by atoms with E-state index in [1.807, 2.05) is 28.8 Å². The van der Waals surface area contributed by atoms with Gasteiger partial charge in [-0.05, 0) is 36.8 Å². The van der Waals surface area contributed by atoms with E-state index in [1.165, 1.54) is 23.9 Å². The molecule has 0 aliphatic heterocycles. The maximum absolute atomic E-state index is 11.7. The summed E-state index contributed by atoms with van der Waals surface area (Å²) in [5.41, 5.74) is 2.22. The summed E-state index contributed by atoms with van der Waals surface area (Å²) in [6, 6.07) is 12.2. The number of aryl methyl sites for hydroxylation is 1. The van der Waals surface area contributed by atoms with Gasteiger partial charge in [-0.15, -0.1) is 0 Å². The van der Waals surface area contributed by atoms with Gasteiger partial charge >= 0.3 is 0 Å². The molecule has 0 saturated carbocycles. The maximum atomic E-state index is 11.7. The molecule has 9 nitrogen and oxygen atoms in total. The van der Waals surface area contributed by atoms with Gasteiger partial charge in [0.05, 0.1) is 28.8 Å². The Bertz CT molecular complexity index is 1330. The molecule has 0 aliphatic carbocycles. The van der Waals surface area contributed by atoms with Crippen molar-refractivity contribution in [3.8, 4) is 17.1 Å². The molecule has 2 heterocycles. The first kappa shape index (κ1) is 21.3. The first-order valence-corrected chi connectivity index (χ1v) is 12.0. The Hall–Kier alpha value is -2.89. The fourth-order valence-electron chi connectivity index (χ4n) is 3.13. The SMILES string of the molecule is CCCn1c(SCc2nc(-c3cccc(OC)c3)no2)nc2cc(S(N)(=O)=O)ccc21. The molecule has 0 spiro atoms. The Morgan fingerprint density at radius 3 is 2.77 bits per heavy atom. The van der Waals surface area contributed by atoms with Gasteiger partial charge in [0.2, 0.25) is 21.7 Å². The van der Waals surface area contributed by atoms with E-state index in [2.05, 4.69) is 22.0 Å². The van der Waals surface area contributed by atoms with E-state index >= 15 is 0 Å². The standard InChI is InChI=1S/C20H21N5O4S2/c1-3-9-25-17-8-7-15(31(21,26)27)11-16(17)22-20(25)30-12-18-23-19(24-29-18)13-5-4-6-14(10-13)28-2/h4-8,10-11H,3,9,12H2,1-2H3,(H2,21,26,27). The molecular weight excluding hydrogens is 438 g/mol. The van der Waals surface area contributed by atoms with Gasteiger partial charge in [-0.3, -0.25) is 0 Å². The van der Waals surface area contributed by atoms with E-state index in [-0.39, 0.29) is 4.90 Å². The van der Waals surface area contributed by atoms with Gasteiger partial charge in [0, 0.05) is 12.1 Å². The molecule has 0 unspecified atom stereocenters. The van der Waals surface area contributed by atoms with Crippen molar-refractivity contribution in [3.63, 3.8) is 0 Å². The number of sulfonamides is 1. The van der Waals surface area contributed by atoms with Crippen molar-refractivity contribution in [2.75, 3.05) is 7.11 Å². The molecule has 162 valence electrons. The normalized spacial score (nSPS) is 11.8. The minimum absolute atomic E-state index is 0.0394. The highest BCUT2D eigenvalue weighted by Crippen LogP contribution is 2.29. The van der Waals surface area contributed by atoms with E-state index in [0.717, 1.165) is 29.2 Å². The minimum atomic E-state index is -3.79. The highest BCUT2D eigenvalue weighted by molar-refractivity contribution is 7.98. The molecule has 4 rings (SSSR count). The fraction of sp³-hybridized carbons (Fsp3) is 0.250. The topological polar surface area (TPSA) is 126 Å². The number of methoxy groups -OCH3 is 1. The lowest BCUT2D eigenvalue weighted by Crippen LogP contribution is -2.11. The summed E-state index contributed by atoms with van der Waals surface area (Å²) in [5, 5.41) is 10.0. The second kappa shape index (κ2) is 8.69.